The SMILES string of the molecule is CC(C)(C)OC(=O)NC1CCN(c2ncc(C(=O)O)cc2[N+](=O)[O-])CC1. The normalized spacial score (nSPS) is 15.4. The van der Waals surface area contributed by atoms with E-state index in [1.54, 1.807) is 25.7 Å². The van der Waals surface area contributed by atoms with Crippen LogP contribution in [0.4, 0.5) is 16.3 Å². The van der Waals surface area contributed by atoms with Gasteiger partial charge in [-0.15, -0.1) is 0 Å². The van der Waals surface area contributed by atoms with Crippen molar-refractivity contribution >= 4 is 23.6 Å². The highest BCUT2D eigenvalue weighted by Gasteiger charge is 2.28. The standard InChI is InChI=1S/C16H22N4O6/c1-16(2,3)26-15(23)18-11-4-6-19(7-5-11)13-12(20(24)25)8-10(9-17-13)14(21)22/h8-9,11H,4-7H2,1-3H3,(H,18,23)(H,21,22). The van der Waals surface area contributed by atoms with Crippen molar-refractivity contribution in [3.63, 3.8) is 0 Å². The number of carboxylic acids is 1. The van der Waals surface area contributed by atoms with Gasteiger partial charge in [-0.25, -0.2) is 14.6 Å². The first-order chi connectivity index (χ1) is 12.1. The fraction of sp³-hybridized carbons (Fsp3) is 0.562. The number of rotatable bonds is 4. The van der Waals surface area contributed by atoms with Crippen molar-refractivity contribution in [1.29, 1.82) is 0 Å². The molecule has 2 N–H and O–H groups in total. The van der Waals surface area contributed by atoms with E-state index in [9.17, 15) is 19.7 Å². The van der Waals surface area contributed by atoms with Crippen LogP contribution in [0.1, 0.15) is 44.0 Å². The number of pyridine rings is 1. The quantitative estimate of drug-likeness (QED) is 0.611. The maximum Gasteiger partial charge on any atom is 0.407 e. The fourth-order valence-corrected chi connectivity index (χ4v) is 2.65. The van der Waals surface area contributed by atoms with Gasteiger partial charge in [0, 0.05) is 31.4 Å². The zero-order chi connectivity index (χ0) is 19.5. The number of carboxylic acid groups (broad SMARTS) is 1. The molecule has 1 aliphatic heterocycles. The summed E-state index contributed by atoms with van der Waals surface area (Å²) >= 11 is 0. The lowest BCUT2D eigenvalue weighted by Crippen LogP contribution is -2.46. The summed E-state index contributed by atoms with van der Waals surface area (Å²) in [6.07, 6.45) is 1.75. The Kier molecular flexibility index (Phi) is 5.63. The summed E-state index contributed by atoms with van der Waals surface area (Å²) in [5, 5.41) is 23.0. The van der Waals surface area contributed by atoms with Gasteiger partial charge in [0.2, 0.25) is 5.82 Å². The number of aromatic carboxylic acids is 1. The van der Waals surface area contributed by atoms with E-state index in [4.69, 9.17) is 9.84 Å². The van der Waals surface area contributed by atoms with Crippen molar-refractivity contribution < 1.29 is 24.4 Å². The third-order valence-electron chi connectivity index (χ3n) is 3.81. The highest BCUT2D eigenvalue weighted by atomic mass is 16.6. The monoisotopic (exact) mass is 366 g/mol. The number of piperidine rings is 1. The topological polar surface area (TPSA) is 135 Å². The van der Waals surface area contributed by atoms with Crippen molar-refractivity contribution in [1.82, 2.24) is 10.3 Å². The van der Waals surface area contributed by atoms with Gasteiger partial charge < -0.3 is 20.1 Å². The zero-order valence-corrected chi connectivity index (χ0v) is 14.9. The second-order valence-corrected chi connectivity index (χ2v) is 7.04. The van der Waals surface area contributed by atoms with E-state index in [-0.39, 0.29) is 23.1 Å². The molecule has 0 aromatic carbocycles. The Morgan fingerprint density at radius 1 is 1.38 bits per heavy atom. The summed E-state index contributed by atoms with van der Waals surface area (Å²) in [7, 11) is 0. The largest absolute Gasteiger partial charge is 0.478 e. The van der Waals surface area contributed by atoms with Gasteiger partial charge in [0.05, 0.1) is 10.5 Å². The number of hydrogen-bond acceptors (Lipinski definition) is 7. The van der Waals surface area contributed by atoms with Gasteiger partial charge in [0.25, 0.3) is 0 Å². The van der Waals surface area contributed by atoms with Crippen LogP contribution < -0.4 is 10.2 Å². The van der Waals surface area contributed by atoms with Gasteiger partial charge in [0.15, 0.2) is 0 Å². The summed E-state index contributed by atoms with van der Waals surface area (Å²) in [5.74, 6) is -1.14. The minimum atomic E-state index is -1.27. The molecule has 1 amide bonds. The van der Waals surface area contributed by atoms with E-state index in [2.05, 4.69) is 10.3 Å². The molecule has 0 radical (unpaired) electrons. The predicted molar refractivity (Wildman–Crippen MR) is 92.5 cm³/mol. The van der Waals surface area contributed by atoms with Crippen LogP contribution in [0.15, 0.2) is 12.3 Å². The number of alkyl carbamates (subject to hydrolysis) is 1. The van der Waals surface area contributed by atoms with Crippen molar-refractivity contribution in [3.05, 3.63) is 27.9 Å². The summed E-state index contributed by atoms with van der Waals surface area (Å²) in [6.45, 7) is 6.23. The first-order valence-electron chi connectivity index (χ1n) is 8.19. The molecule has 2 heterocycles. The van der Waals surface area contributed by atoms with E-state index >= 15 is 0 Å². The van der Waals surface area contributed by atoms with E-state index in [1.807, 2.05) is 0 Å². The average molecular weight is 366 g/mol. The van der Waals surface area contributed by atoms with Gasteiger partial charge >= 0.3 is 17.7 Å². The van der Waals surface area contributed by atoms with Crippen LogP contribution in [0.3, 0.4) is 0 Å². The molecule has 1 saturated heterocycles. The Bertz CT molecular complexity index is 707. The molecular weight excluding hydrogens is 344 g/mol. The Hall–Kier alpha value is -2.91. The molecular formula is C16H22N4O6. The number of carbonyl (C=O) groups is 2. The van der Waals surface area contributed by atoms with Gasteiger partial charge in [-0.2, -0.15) is 0 Å². The van der Waals surface area contributed by atoms with Crippen molar-refractivity contribution in [2.75, 3.05) is 18.0 Å². The second kappa shape index (κ2) is 7.54. The number of hydrogen-bond donors (Lipinski definition) is 2. The summed E-state index contributed by atoms with van der Waals surface area (Å²) in [6, 6.07) is 0.911. The van der Waals surface area contributed by atoms with Crippen LogP contribution in [0, 0.1) is 10.1 Å². The van der Waals surface area contributed by atoms with Gasteiger partial charge in [-0.3, -0.25) is 10.1 Å². The Balaban J connectivity index is 2.02. The lowest BCUT2D eigenvalue weighted by atomic mass is 10.0. The molecule has 0 unspecified atom stereocenters. The first kappa shape index (κ1) is 19.4. The minimum Gasteiger partial charge on any atom is -0.478 e. The predicted octanol–water partition coefficient (Wildman–Crippen LogP) is 2.18. The van der Waals surface area contributed by atoms with E-state index in [0.717, 1.165) is 12.3 Å². The molecule has 0 spiro atoms. The van der Waals surface area contributed by atoms with Crippen LogP contribution in [0.5, 0.6) is 0 Å². The zero-order valence-electron chi connectivity index (χ0n) is 14.9. The Labute approximate surface area is 150 Å². The molecule has 142 valence electrons. The summed E-state index contributed by atoms with van der Waals surface area (Å²) < 4.78 is 5.22. The van der Waals surface area contributed by atoms with Crippen LogP contribution in [0.25, 0.3) is 0 Å². The van der Waals surface area contributed by atoms with Crippen molar-refractivity contribution in [2.45, 2.75) is 45.3 Å². The molecule has 10 nitrogen and oxygen atoms in total. The fourth-order valence-electron chi connectivity index (χ4n) is 2.65. The molecule has 0 bridgehead atoms. The summed E-state index contributed by atoms with van der Waals surface area (Å²) in [5.41, 5.74) is -1.16. The number of amides is 1. The maximum atomic E-state index is 11.8. The molecule has 2 rings (SSSR count). The summed E-state index contributed by atoms with van der Waals surface area (Å²) in [4.78, 5) is 39.1. The molecule has 1 fully saturated rings. The molecule has 0 atom stereocenters. The highest BCUT2D eigenvalue weighted by molar-refractivity contribution is 5.88. The van der Waals surface area contributed by atoms with E-state index in [0.29, 0.717) is 25.9 Å². The number of aromatic nitrogens is 1. The Morgan fingerprint density at radius 2 is 2.00 bits per heavy atom. The molecule has 1 aliphatic rings. The van der Waals surface area contributed by atoms with Crippen LogP contribution in [-0.2, 0) is 4.74 Å². The molecule has 26 heavy (non-hydrogen) atoms. The average Bonchev–Trinajstić information content (AvgIpc) is 2.53. The van der Waals surface area contributed by atoms with Crippen LogP contribution in [0.2, 0.25) is 0 Å². The molecule has 1 aromatic heterocycles. The molecule has 1 aromatic rings. The number of carbonyl (C=O) groups excluding carboxylic acids is 1. The van der Waals surface area contributed by atoms with Gasteiger partial charge in [-0.1, -0.05) is 0 Å². The van der Waals surface area contributed by atoms with Crippen LogP contribution in [-0.4, -0.2) is 51.8 Å². The first-order valence-corrected chi connectivity index (χ1v) is 8.19. The second-order valence-electron chi connectivity index (χ2n) is 7.04. The minimum absolute atomic E-state index is 0.0987. The van der Waals surface area contributed by atoms with Gasteiger partial charge in [-0.05, 0) is 33.6 Å². The van der Waals surface area contributed by atoms with Gasteiger partial charge in [0.1, 0.15) is 5.60 Å². The number of nitrogens with one attached hydrogen (secondary N) is 1. The molecule has 0 saturated carbocycles. The van der Waals surface area contributed by atoms with Crippen LogP contribution >= 0.6 is 0 Å². The maximum absolute atomic E-state index is 11.8. The van der Waals surface area contributed by atoms with Crippen molar-refractivity contribution in [2.24, 2.45) is 0 Å². The molecule has 0 aliphatic carbocycles. The van der Waals surface area contributed by atoms with E-state index in [1.165, 1.54) is 0 Å². The number of nitrogens with zero attached hydrogens (tertiary/aromatic N) is 3. The highest BCUT2D eigenvalue weighted by Crippen LogP contribution is 2.29. The third-order valence-corrected chi connectivity index (χ3v) is 3.81. The number of ether oxygens (including phenoxy) is 1. The smallest absolute Gasteiger partial charge is 0.407 e. The van der Waals surface area contributed by atoms with Crippen molar-refractivity contribution in [3.8, 4) is 0 Å². The molecule has 10 heteroatoms. The number of anilines is 1. The number of nitro groups is 1. The Morgan fingerprint density at radius 3 is 2.50 bits per heavy atom. The lowest BCUT2D eigenvalue weighted by molar-refractivity contribution is -0.384. The van der Waals surface area contributed by atoms with E-state index < -0.39 is 22.6 Å². The third kappa shape index (κ3) is 5.04. The lowest BCUT2D eigenvalue weighted by Gasteiger charge is -2.33.